The van der Waals surface area contributed by atoms with Gasteiger partial charge in [0.25, 0.3) is 0 Å². The van der Waals surface area contributed by atoms with Crippen LogP contribution in [-0.4, -0.2) is 18.1 Å². The third kappa shape index (κ3) is 3.81. The van der Waals surface area contributed by atoms with Crippen molar-refractivity contribution >= 4 is 10.9 Å². The van der Waals surface area contributed by atoms with Gasteiger partial charge in [0.1, 0.15) is 5.75 Å². The minimum Gasteiger partial charge on any atom is -0.492 e. The van der Waals surface area contributed by atoms with E-state index < -0.39 is 0 Å². The normalized spacial score (nSPS) is 10.7. The first kappa shape index (κ1) is 14.5. The van der Waals surface area contributed by atoms with Crippen LogP contribution in [0.2, 0.25) is 0 Å². The van der Waals surface area contributed by atoms with Gasteiger partial charge in [0.05, 0.1) is 17.8 Å². The fourth-order valence-electron chi connectivity index (χ4n) is 2.05. The van der Waals surface area contributed by atoms with Crippen molar-refractivity contribution in [1.82, 2.24) is 10.3 Å². The predicted molar refractivity (Wildman–Crippen MR) is 84.0 cm³/mol. The van der Waals surface area contributed by atoms with Gasteiger partial charge in [0.15, 0.2) is 0 Å². The van der Waals surface area contributed by atoms with E-state index >= 15 is 0 Å². The van der Waals surface area contributed by atoms with Crippen LogP contribution in [0.5, 0.6) is 5.75 Å². The number of nitrogens with zero attached hydrogens (tertiary/aromatic N) is 1. The predicted octanol–water partition coefficient (Wildman–Crippen LogP) is 3.69. The topological polar surface area (TPSA) is 34.1 Å². The van der Waals surface area contributed by atoms with Crippen LogP contribution in [0.15, 0.2) is 43.0 Å². The first-order chi connectivity index (χ1) is 9.85. The number of pyridine rings is 1. The van der Waals surface area contributed by atoms with Gasteiger partial charge in [-0.3, -0.25) is 4.98 Å². The van der Waals surface area contributed by atoms with Gasteiger partial charge in [0, 0.05) is 18.0 Å². The molecule has 1 aromatic heterocycles. The standard InChI is InChI=1S/C17H22N2O/c1-3-5-11-20-17-12-14(13-18-10-4-2)19-16-9-7-6-8-15(16)17/h3,6-9,12,18H,1,4-5,10-11,13H2,2H3. The second-order valence-electron chi connectivity index (χ2n) is 4.73. The molecule has 0 saturated heterocycles. The van der Waals surface area contributed by atoms with Crippen molar-refractivity contribution in [2.24, 2.45) is 0 Å². The fraction of sp³-hybridized carbons (Fsp3) is 0.353. The van der Waals surface area contributed by atoms with E-state index in [1.54, 1.807) is 0 Å². The molecule has 0 amide bonds. The van der Waals surface area contributed by atoms with Gasteiger partial charge < -0.3 is 10.1 Å². The van der Waals surface area contributed by atoms with E-state index in [0.717, 1.165) is 48.3 Å². The lowest BCUT2D eigenvalue weighted by atomic mass is 10.2. The maximum Gasteiger partial charge on any atom is 0.130 e. The van der Waals surface area contributed by atoms with E-state index in [4.69, 9.17) is 4.74 Å². The van der Waals surface area contributed by atoms with E-state index in [1.807, 2.05) is 30.3 Å². The van der Waals surface area contributed by atoms with Gasteiger partial charge in [-0.05, 0) is 31.5 Å². The lowest BCUT2D eigenvalue weighted by molar-refractivity contribution is 0.328. The molecule has 1 heterocycles. The Morgan fingerprint density at radius 3 is 3.00 bits per heavy atom. The molecule has 3 nitrogen and oxygen atoms in total. The van der Waals surface area contributed by atoms with Gasteiger partial charge in [-0.25, -0.2) is 0 Å². The largest absolute Gasteiger partial charge is 0.492 e. The summed E-state index contributed by atoms with van der Waals surface area (Å²) in [6.45, 7) is 8.30. The highest BCUT2D eigenvalue weighted by Gasteiger charge is 2.06. The van der Waals surface area contributed by atoms with Gasteiger partial charge in [-0.1, -0.05) is 25.1 Å². The monoisotopic (exact) mass is 270 g/mol. The summed E-state index contributed by atoms with van der Waals surface area (Å²) in [4.78, 5) is 4.67. The van der Waals surface area contributed by atoms with E-state index in [9.17, 15) is 0 Å². The lowest BCUT2D eigenvalue weighted by Crippen LogP contribution is -2.15. The van der Waals surface area contributed by atoms with Crippen LogP contribution in [0.3, 0.4) is 0 Å². The molecular weight excluding hydrogens is 248 g/mol. The molecule has 20 heavy (non-hydrogen) atoms. The van der Waals surface area contributed by atoms with E-state index in [-0.39, 0.29) is 0 Å². The Balaban J connectivity index is 2.23. The molecule has 0 radical (unpaired) electrons. The zero-order chi connectivity index (χ0) is 14.2. The zero-order valence-electron chi connectivity index (χ0n) is 12.1. The first-order valence-electron chi connectivity index (χ1n) is 7.18. The molecule has 0 spiro atoms. The first-order valence-corrected chi connectivity index (χ1v) is 7.18. The van der Waals surface area contributed by atoms with Crippen LogP contribution in [-0.2, 0) is 6.54 Å². The second-order valence-corrected chi connectivity index (χ2v) is 4.73. The van der Waals surface area contributed by atoms with Crippen molar-refractivity contribution in [3.05, 3.63) is 48.7 Å². The number of para-hydroxylation sites is 1. The Bertz CT molecular complexity index is 566. The van der Waals surface area contributed by atoms with Crippen LogP contribution in [0, 0.1) is 0 Å². The molecule has 0 aliphatic rings. The maximum absolute atomic E-state index is 5.87. The molecule has 0 unspecified atom stereocenters. The zero-order valence-corrected chi connectivity index (χ0v) is 12.1. The quantitative estimate of drug-likeness (QED) is 0.587. The smallest absolute Gasteiger partial charge is 0.130 e. The molecule has 0 bridgehead atoms. The Morgan fingerprint density at radius 2 is 2.20 bits per heavy atom. The number of nitrogens with one attached hydrogen (secondary N) is 1. The highest BCUT2D eigenvalue weighted by Crippen LogP contribution is 2.25. The summed E-state index contributed by atoms with van der Waals surface area (Å²) in [6, 6.07) is 10.1. The Kier molecular flexibility index (Phi) is 5.56. The summed E-state index contributed by atoms with van der Waals surface area (Å²) in [7, 11) is 0. The van der Waals surface area contributed by atoms with E-state index in [1.165, 1.54) is 0 Å². The van der Waals surface area contributed by atoms with Crippen molar-refractivity contribution in [3.63, 3.8) is 0 Å². The SMILES string of the molecule is C=CCCOc1cc(CNCCC)nc2ccccc12. The van der Waals surface area contributed by atoms with Crippen LogP contribution >= 0.6 is 0 Å². The molecule has 3 heteroatoms. The number of ether oxygens (including phenoxy) is 1. The maximum atomic E-state index is 5.87. The average molecular weight is 270 g/mol. The van der Waals surface area contributed by atoms with Crippen molar-refractivity contribution in [3.8, 4) is 5.75 Å². The number of aromatic nitrogens is 1. The second kappa shape index (κ2) is 7.65. The third-order valence-corrected chi connectivity index (χ3v) is 3.04. The number of hydrogen-bond acceptors (Lipinski definition) is 3. The minimum atomic E-state index is 0.652. The average Bonchev–Trinajstić information content (AvgIpc) is 2.48. The summed E-state index contributed by atoms with van der Waals surface area (Å²) in [5, 5.41) is 4.44. The third-order valence-electron chi connectivity index (χ3n) is 3.04. The van der Waals surface area contributed by atoms with E-state index in [0.29, 0.717) is 6.61 Å². The highest BCUT2D eigenvalue weighted by atomic mass is 16.5. The summed E-state index contributed by atoms with van der Waals surface area (Å²) >= 11 is 0. The Morgan fingerprint density at radius 1 is 1.35 bits per heavy atom. The number of fused-ring (bicyclic) bond motifs is 1. The summed E-state index contributed by atoms with van der Waals surface area (Å²) in [5.74, 6) is 0.908. The molecule has 2 rings (SSSR count). The van der Waals surface area contributed by atoms with Gasteiger partial charge in [-0.15, -0.1) is 6.58 Å². The molecule has 106 valence electrons. The molecule has 0 aliphatic carbocycles. The minimum absolute atomic E-state index is 0.652. The number of hydrogen-bond donors (Lipinski definition) is 1. The van der Waals surface area contributed by atoms with E-state index in [2.05, 4.69) is 29.9 Å². The van der Waals surface area contributed by atoms with Crippen LogP contribution in [0.25, 0.3) is 10.9 Å². The molecule has 0 fully saturated rings. The molecule has 2 aromatic rings. The molecule has 1 N–H and O–H groups in total. The summed E-state index contributed by atoms with van der Waals surface area (Å²) < 4.78 is 5.87. The summed E-state index contributed by atoms with van der Waals surface area (Å²) in [5.41, 5.74) is 2.00. The highest BCUT2D eigenvalue weighted by molar-refractivity contribution is 5.85. The molecular formula is C17H22N2O. The van der Waals surface area contributed by atoms with Crippen molar-refractivity contribution < 1.29 is 4.74 Å². The Labute approximate surface area is 120 Å². The van der Waals surface area contributed by atoms with Gasteiger partial charge >= 0.3 is 0 Å². The molecule has 0 atom stereocenters. The van der Waals surface area contributed by atoms with Crippen molar-refractivity contribution in [2.45, 2.75) is 26.3 Å². The lowest BCUT2D eigenvalue weighted by Gasteiger charge is -2.11. The van der Waals surface area contributed by atoms with Gasteiger partial charge in [-0.2, -0.15) is 0 Å². The number of rotatable bonds is 8. The van der Waals surface area contributed by atoms with Crippen LogP contribution in [0.4, 0.5) is 0 Å². The van der Waals surface area contributed by atoms with Crippen molar-refractivity contribution in [1.29, 1.82) is 0 Å². The van der Waals surface area contributed by atoms with Crippen LogP contribution in [0.1, 0.15) is 25.5 Å². The number of benzene rings is 1. The molecule has 1 aromatic carbocycles. The molecule has 0 aliphatic heterocycles. The fourth-order valence-corrected chi connectivity index (χ4v) is 2.05. The molecule has 0 saturated carbocycles. The summed E-state index contributed by atoms with van der Waals surface area (Å²) in [6.07, 6.45) is 3.84. The van der Waals surface area contributed by atoms with Crippen molar-refractivity contribution in [2.75, 3.05) is 13.2 Å². The van der Waals surface area contributed by atoms with Gasteiger partial charge in [0.2, 0.25) is 0 Å². The Hall–Kier alpha value is -1.87. The van der Waals surface area contributed by atoms with Crippen LogP contribution < -0.4 is 10.1 Å².